The van der Waals surface area contributed by atoms with E-state index < -0.39 is 0 Å². The van der Waals surface area contributed by atoms with Crippen molar-refractivity contribution in [3.8, 4) is 0 Å². The zero-order valence-electron chi connectivity index (χ0n) is 9.69. The van der Waals surface area contributed by atoms with E-state index in [-0.39, 0.29) is 0 Å². The van der Waals surface area contributed by atoms with Crippen LogP contribution < -0.4 is 5.73 Å². The number of rotatable bonds is 2. The third-order valence-corrected chi connectivity index (χ3v) is 3.21. The summed E-state index contributed by atoms with van der Waals surface area (Å²) in [6, 6.07) is 5.79. The fourth-order valence-corrected chi connectivity index (χ4v) is 2.30. The molecule has 0 saturated carbocycles. The molecule has 0 bridgehead atoms. The van der Waals surface area contributed by atoms with Gasteiger partial charge in [0.05, 0.1) is 19.5 Å². The first-order valence-corrected chi connectivity index (χ1v) is 5.89. The van der Waals surface area contributed by atoms with Crippen molar-refractivity contribution in [2.24, 2.45) is 0 Å². The van der Waals surface area contributed by atoms with Crippen LogP contribution >= 0.6 is 0 Å². The third-order valence-electron chi connectivity index (χ3n) is 3.21. The number of hydrogen-bond donors (Lipinski definition) is 1. The molecule has 17 heavy (non-hydrogen) atoms. The van der Waals surface area contributed by atoms with E-state index in [0.29, 0.717) is 0 Å². The summed E-state index contributed by atoms with van der Waals surface area (Å²) in [5.41, 5.74) is 8.83. The number of fused-ring (bicyclic) bond motifs is 1. The molecule has 90 valence electrons. The van der Waals surface area contributed by atoms with Crippen molar-refractivity contribution in [1.82, 2.24) is 4.90 Å². The highest BCUT2D eigenvalue weighted by Crippen LogP contribution is 2.27. The van der Waals surface area contributed by atoms with Gasteiger partial charge in [-0.3, -0.25) is 4.90 Å². The van der Waals surface area contributed by atoms with Crippen molar-refractivity contribution in [3.63, 3.8) is 0 Å². The van der Waals surface area contributed by atoms with Gasteiger partial charge >= 0.3 is 0 Å². The lowest BCUT2D eigenvalue weighted by Crippen LogP contribution is -2.35. The molecule has 2 N–H and O–H groups in total. The van der Waals surface area contributed by atoms with Crippen LogP contribution in [0.25, 0.3) is 11.0 Å². The van der Waals surface area contributed by atoms with E-state index >= 15 is 0 Å². The molecule has 0 atom stereocenters. The molecule has 1 aromatic heterocycles. The van der Waals surface area contributed by atoms with Gasteiger partial charge in [-0.05, 0) is 12.1 Å². The van der Waals surface area contributed by atoms with E-state index in [1.54, 1.807) is 0 Å². The first-order valence-electron chi connectivity index (χ1n) is 5.89. The molecule has 0 unspecified atom stereocenters. The quantitative estimate of drug-likeness (QED) is 0.803. The van der Waals surface area contributed by atoms with E-state index in [1.807, 2.05) is 24.5 Å². The number of morpholine rings is 1. The van der Waals surface area contributed by atoms with Crippen molar-refractivity contribution >= 4 is 16.7 Å². The summed E-state index contributed by atoms with van der Waals surface area (Å²) in [5, 5.41) is 1.05. The van der Waals surface area contributed by atoms with Crippen LogP contribution in [0.4, 0.5) is 5.69 Å². The monoisotopic (exact) mass is 232 g/mol. The lowest BCUT2D eigenvalue weighted by molar-refractivity contribution is 0.0342. The normalized spacial score (nSPS) is 17.6. The fourth-order valence-electron chi connectivity index (χ4n) is 2.30. The number of nitrogens with two attached hydrogens (primary N) is 1. The van der Waals surface area contributed by atoms with Crippen LogP contribution in [0.1, 0.15) is 5.56 Å². The molecular formula is C13H16N2O2. The highest BCUT2D eigenvalue weighted by Gasteiger charge is 2.15. The first kappa shape index (κ1) is 10.6. The second kappa shape index (κ2) is 4.39. The van der Waals surface area contributed by atoms with Gasteiger partial charge in [0.15, 0.2) is 0 Å². The molecule has 0 radical (unpaired) electrons. The standard InChI is InChI=1S/C13H16N2O2/c14-11-2-1-3-12-13(11)10(9-17-12)8-15-4-6-16-7-5-15/h1-3,9H,4-8,14H2. The Morgan fingerprint density at radius 1 is 1.24 bits per heavy atom. The molecule has 4 heteroatoms. The van der Waals surface area contributed by atoms with E-state index in [1.165, 1.54) is 5.56 Å². The minimum absolute atomic E-state index is 0.791. The second-order valence-corrected chi connectivity index (χ2v) is 4.37. The zero-order valence-corrected chi connectivity index (χ0v) is 9.69. The minimum Gasteiger partial charge on any atom is -0.464 e. The second-order valence-electron chi connectivity index (χ2n) is 4.37. The Morgan fingerprint density at radius 2 is 2.06 bits per heavy atom. The Kier molecular flexibility index (Phi) is 2.74. The smallest absolute Gasteiger partial charge is 0.136 e. The Bertz CT molecular complexity index is 515. The van der Waals surface area contributed by atoms with E-state index in [0.717, 1.165) is 49.5 Å². The molecule has 2 heterocycles. The maximum atomic E-state index is 6.00. The summed E-state index contributed by atoms with van der Waals surface area (Å²) in [5.74, 6) is 0. The predicted molar refractivity (Wildman–Crippen MR) is 66.7 cm³/mol. The van der Waals surface area contributed by atoms with Gasteiger partial charge < -0.3 is 14.9 Å². The average molecular weight is 232 g/mol. The number of hydrogen-bond acceptors (Lipinski definition) is 4. The molecule has 0 spiro atoms. The summed E-state index contributed by atoms with van der Waals surface area (Å²) < 4.78 is 10.9. The molecule has 2 aromatic rings. The molecule has 1 fully saturated rings. The summed E-state index contributed by atoms with van der Waals surface area (Å²) >= 11 is 0. The van der Waals surface area contributed by atoms with Gasteiger partial charge in [-0.15, -0.1) is 0 Å². The van der Waals surface area contributed by atoms with Crippen LogP contribution in [0.15, 0.2) is 28.9 Å². The van der Waals surface area contributed by atoms with Crippen molar-refractivity contribution in [2.75, 3.05) is 32.0 Å². The number of nitrogens with zero attached hydrogens (tertiary/aromatic N) is 1. The van der Waals surface area contributed by atoms with Crippen LogP contribution in [0.3, 0.4) is 0 Å². The number of furan rings is 1. The highest BCUT2D eigenvalue weighted by molar-refractivity contribution is 5.92. The van der Waals surface area contributed by atoms with E-state index in [2.05, 4.69) is 4.90 Å². The largest absolute Gasteiger partial charge is 0.464 e. The summed E-state index contributed by atoms with van der Waals surface area (Å²) in [6.07, 6.45) is 1.82. The summed E-state index contributed by atoms with van der Waals surface area (Å²) in [4.78, 5) is 2.36. The van der Waals surface area contributed by atoms with Crippen LogP contribution in [-0.4, -0.2) is 31.2 Å². The maximum Gasteiger partial charge on any atom is 0.136 e. The topological polar surface area (TPSA) is 51.6 Å². The molecule has 0 aliphatic carbocycles. The lowest BCUT2D eigenvalue weighted by atomic mass is 10.1. The molecule has 3 rings (SSSR count). The first-order chi connectivity index (χ1) is 8.34. The molecule has 4 nitrogen and oxygen atoms in total. The van der Waals surface area contributed by atoms with Crippen LogP contribution in [0.2, 0.25) is 0 Å². The van der Waals surface area contributed by atoms with Gasteiger partial charge in [-0.2, -0.15) is 0 Å². The minimum atomic E-state index is 0.791. The van der Waals surface area contributed by atoms with Gasteiger partial charge in [0, 0.05) is 36.3 Å². The van der Waals surface area contributed by atoms with Crippen LogP contribution in [-0.2, 0) is 11.3 Å². The molecule has 1 aliphatic heterocycles. The Morgan fingerprint density at radius 3 is 2.88 bits per heavy atom. The number of anilines is 1. The van der Waals surface area contributed by atoms with E-state index in [9.17, 15) is 0 Å². The molecule has 1 aliphatic rings. The van der Waals surface area contributed by atoms with Crippen molar-refractivity contribution in [2.45, 2.75) is 6.54 Å². The van der Waals surface area contributed by atoms with Crippen molar-refractivity contribution < 1.29 is 9.15 Å². The number of nitrogen functional groups attached to an aromatic ring is 1. The van der Waals surface area contributed by atoms with Crippen LogP contribution in [0, 0.1) is 0 Å². The molecule has 1 aromatic carbocycles. The van der Waals surface area contributed by atoms with E-state index in [4.69, 9.17) is 14.9 Å². The summed E-state index contributed by atoms with van der Waals surface area (Å²) in [7, 11) is 0. The van der Waals surface area contributed by atoms with Crippen molar-refractivity contribution in [1.29, 1.82) is 0 Å². The molecular weight excluding hydrogens is 216 g/mol. The highest BCUT2D eigenvalue weighted by atomic mass is 16.5. The Labute approximate surface area is 99.9 Å². The van der Waals surface area contributed by atoms with Gasteiger partial charge in [0.25, 0.3) is 0 Å². The number of ether oxygens (including phenoxy) is 1. The average Bonchev–Trinajstić information content (AvgIpc) is 2.75. The lowest BCUT2D eigenvalue weighted by Gasteiger charge is -2.26. The van der Waals surface area contributed by atoms with Gasteiger partial charge in [0.2, 0.25) is 0 Å². The number of benzene rings is 1. The Hall–Kier alpha value is -1.52. The maximum absolute atomic E-state index is 6.00. The van der Waals surface area contributed by atoms with Crippen molar-refractivity contribution in [3.05, 3.63) is 30.0 Å². The predicted octanol–water partition coefficient (Wildman–Crippen LogP) is 1.85. The summed E-state index contributed by atoms with van der Waals surface area (Å²) in [6.45, 7) is 4.44. The van der Waals surface area contributed by atoms with Gasteiger partial charge in [0.1, 0.15) is 5.58 Å². The Balaban J connectivity index is 1.89. The van der Waals surface area contributed by atoms with Gasteiger partial charge in [-0.1, -0.05) is 6.07 Å². The van der Waals surface area contributed by atoms with Crippen LogP contribution in [0.5, 0.6) is 0 Å². The molecule has 1 saturated heterocycles. The fraction of sp³-hybridized carbons (Fsp3) is 0.385. The SMILES string of the molecule is Nc1cccc2occ(CN3CCOCC3)c12. The zero-order chi connectivity index (χ0) is 11.7. The van der Waals surface area contributed by atoms with Gasteiger partial charge in [-0.25, -0.2) is 0 Å². The molecule has 0 amide bonds. The third kappa shape index (κ3) is 2.01.